The van der Waals surface area contributed by atoms with Crippen molar-refractivity contribution in [2.24, 2.45) is 0 Å². The highest BCUT2D eigenvalue weighted by atomic mass is 16.2. The van der Waals surface area contributed by atoms with Crippen molar-refractivity contribution < 1.29 is 14.4 Å². The van der Waals surface area contributed by atoms with Crippen LogP contribution in [-0.4, -0.2) is 69.3 Å². The minimum atomic E-state index is -0.141. The van der Waals surface area contributed by atoms with Gasteiger partial charge in [-0.2, -0.15) is 0 Å². The van der Waals surface area contributed by atoms with E-state index in [-0.39, 0.29) is 23.8 Å². The molecule has 3 heterocycles. The monoisotopic (exact) mass is 387 g/mol. The second-order valence-electron chi connectivity index (χ2n) is 8.09. The number of carbonyl (C=O) groups excluding carboxylic acids is 3. The van der Waals surface area contributed by atoms with Crippen LogP contribution in [0.5, 0.6) is 0 Å². The molecule has 0 radical (unpaired) electrons. The van der Waals surface area contributed by atoms with Crippen LogP contribution in [0.2, 0.25) is 0 Å². The molecule has 1 N–H and O–H groups in total. The van der Waals surface area contributed by atoms with E-state index in [4.69, 9.17) is 0 Å². The number of nitrogens with one attached hydrogen (secondary N) is 1. The van der Waals surface area contributed by atoms with E-state index in [0.29, 0.717) is 37.7 Å². The highest BCUT2D eigenvalue weighted by Crippen LogP contribution is 2.24. The fraction of sp³-hybridized carbons (Fsp3) is 0.700. The van der Waals surface area contributed by atoms with Gasteiger partial charge in [0.25, 0.3) is 11.8 Å². The normalized spacial score (nSPS) is 20.2. The van der Waals surface area contributed by atoms with Gasteiger partial charge in [-0.1, -0.05) is 12.8 Å². The lowest BCUT2D eigenvalue weighted by Gasteiger charge is -2.34. The zero-order chi connectivity index (χ0) is 19.7. The number of amides is 3. The standard InChI is InChI=1S/C20H29N5O3/c1-14(26)23-10-12-24(13-11-23)20(28)18-22-17(16-8-4-5-9-25(16)18)19(27)21-15-6-2-3-7-15/h15H,2-13H2,1H3,(H,21,27). The number of piperazine rings is 1. The first-order valence-electron chi connectivity index (χ1n) is 10.5. The molecule has 3 aliphatic rings. The smallest absolute Gasteiger partial charge is 0.290 e. The fourth-order valence-corrected chi connectivity index (χ4v) is 4.58. The van der Waals surface area contributed by atoms with Crippen LogP contribution in [0.25, 0.3) is 0 Å². The molecule has 0 atom stereocenters. The maximum absolute atomic E-state index is 13.1. The zero-order valence-electron chi connectivity index (χ0n) is 16.6. The first-order valence-corrected chi connectivity index (χ1v) is 10.5. The predicted molar refractivity (Wildman–Crippen MR) is 103 cm³/mol. The molecule has 1 aromatic heterocycles. The lowest BCUT2D eigenvalue weighted by molar-refractivity contribution is -0.130. The summed E-state index contributed by atoms with van der Waals surface area (Å²) in [5.74, 6) is 0.142. The number of hydrogen-bond acceptors (Lipinski definition) is 4. The van der Waals surface area contributed by atoms with Gasteiger partial charge in [0.15, 0.2) is 5.82 Å². The Hall–Kier alpha value is -2.38. The Bertz CT molecular complexity index is 773. The summed E-state index contributed by atoms with van der Waals surface area (Å²) in [7, 11) is 0. The highest BCUT2D eigenvalue weighted by Gasteiger charge is 2.32. The summed E-state index contributed by atoms with van der Waals surface area (Å²) >= 11 is 0. The van der Waals surface area contributed by atoms with Gasteiger partial charge in [0.05, 0.1) is 5.69 Å². The molecule has 2 fully saturated rings. The molecule has 1 aliphatic carbocycles. The van der Waals surface area contributed by atoms with Crippen molar-refractivity contribution in [3.05, 3.63) is 17.2 Å². The van der Waals surface area contributed by atoms with Crippen molar-refractivity contribution in [2.45, 2.75) is 64.5 Å². The van der Waals surface area contributed by atoms with Gasteiger partial charge in [0, 0.05) is 45.7 Å². The van der Waals surface area contributed by atoms with E-state index < -0.39 is 0 Å². The zero-order valence-corrected chi connectivity index (χ0v) is 16.6. The number of hydrogen-bond donors (Lipinski definition) is 1. The Kier molecular flexibility index (Phi) is 5.37. The predicted octanol–water partition coefficient (Wildman–Crippen LogP) is 1.20. The molecular weight excluding hydrogens is 358 g/mol. The van der Waals surface area contributed by atoms with Crippen molar-refractivity contribution in [2.75, 3.05) is 26.2 Å². The molecule has 3 amide bonds. The average Bonchev–Trinajstić information content (AvgIpc) is 3.35. The summed E-state index contributed by atoms with van der Waals surface area (Å²) in [5, 5.41) is 3.11. The van der Waals surface area contributed by atoms with E-state index >= 15 is 0 Å². The first-order chi connectivity index (χ1) is 13.5. The van der Waals surface area contributed by atoms with Crippen molar-refractivity contribution in [3.8, 4) is 0 Å². The third kappa shape index (κ3) is 3.64. The number of aromatic nitrogens is 2. The summed E-state index contributed by atoms with van der Waals surface area (Å²) in [6, 6.07) is 0.229. The SMILES string of the molecule is CC(=O)N1CCN(C(=O)c2nc(C(=O)NC3CCCC3)c3n2CCCC3)CC1. The second kappa shape index (κ2) is 7.93. The Labute approximate surface area is 165 Å². The van der Waals surface area contributed by atoms with Gasteiger partial charge >= 0.3 is 0 Å². The molecule has 0 bridgehead atoms. The third-order valence-electron chi connectivity index (χ3n) is 6.23. The van der Waals surface area contributed by atoms with E-state index in [1.165, 1.54) is 0 Å². The second-order valence-corrected chi connectivity index (χ2v) is 8.09. The molecule has 2 aliphatic heterocycles. The van der Waals surface area contributed by atoms with Crippen LogP contribution in [0.3, 0.4) is 0 Å². The molecule has 8 nitrogen and oxygen atoms in total. The van der Waals surface area contributed by atoms with Gasteiger partial charge in [0.1, 0.15) is 5.69 Å². The maximum atomic E-state index is 13.1. The number of nitrogens with zero attached hydrogens (tertiary/aromatic N) is 4. The first kappa shape index (κ1) is 19.0. The molecule has 8 heteroatoms. The van der Waals surface area contributed by atoms with Crippen LogP contribution in [0.4, 0.5) is 0 Å². The van der Waals surface area contributed by atoms with Crippen molar-refractivity contribution in [1.82, 2.24) is 24.7 Å². The van der Waals surface area contributed by atoms with Crippen molar-refractivity contribution in [1.29, 1.82) is 0 Å². The highest BCUT2D eigenvalue weighted by molar-refractivity contribution is 5.97. The van der Waals surface area contributed by atoms with Gasteiger partial charge in [-0.25, -0.2) is 4.98 Å². The van der Waals surface area contributed by atoms with Crippen LogP contribution in [-0.2, 0) is 17.8 Å². The van der Waals surface area contributed by atoms with E-state index in [2.05, 4.69) is 10.3 Å². The third-order valence-corrected chi connectivity index (χ3v) is 6.23. The summed E-state index contributed by atoms with van der Waals surface area (Å²) < 4.78 is 1.95. The van der Waals surface area contributed by atoms with Crippen molar-refractivity contribution >= 4 is 17.7 Å². The molecular formula is C20H29N5O3. The largest absolute Gasteiger partial charge is 0.348 e. The summed E-state index contributed by atoms with van der Waals surface area (Å²) in [5.41, 5.74) is 1.32. The average molecular weight is 387 g/mol. The molecule has 1 saturated heterocycles. The number of imidazole rings is 1. The van der Waals surface area contributed by atoms with E-state index in [9.17, 15) is 14.4 Å². The van der Waals surface area contributed by atoms with Gasteiger partial charge < -0.3 is 19.7 Å². The van der Waals surface area contributed by atoms with E-state index in [1.807, 2.05) is 4.57 Å². The lowest BCUT2D eigenvalue weighted by atomic mass is 10.1. The Morgan fingerprint density at radius 3 is 2.29 bits per heavy atom. The van der Waals surface area contributed by atoms with Crippen LogP contribution >= 0.6 is 0 Å². The molecule has 1 aromatic rings. The summed E-state index contributed by atoms with van der Waals surface area (Å²) in [6.07, 6.45) is 7.14. The van der Waals surface area contributed by atoms with Gasteiger partial charge in [-0.05, 0) is 32.1 Å². The molecule has 0 spiro atoms. The van der Waals surface area contributed by atoms with E-state index in [1.54, 1.807) is 16.7 Å². The van der Waals surface area contributed by atoms with Gasteiger partial charge in [-0.15, -0.1) is 0 Å². The van der Waals surface area contributed by atoms with Crippen LogP contribution in [0.15, 0.2) is 0 Å². The van der Waals surface area contributed by atoms with Gasteiger partial charge in [-0.3, -0.25) is 14.4 Å². The van der Waals surface area contributed by atoms with Crippen LogP contribution in [0.1, 0.15) is 72.3 Å². The minimum Gasteiger partial charge on any atom is -0.348 e. The Morgan fingerprint density at radius 1 is 0.929 bits per heavy atom. The quantitative estimate of drug-likeness (QED) is 0.844. The topological polar surface area (TPSA) is 87.5 Å². The maximum Gasteiger partial charge on any atom is 0.290 e. The molecule has 152 valence electrons. The summed E-state index contributed by atoms with van der Waals surface area (Å²) in [6.45, 7) is 4.38. The van der Waals surface area contributed by atoms with E-state index in [0.717, 1.165) is 57.2 Å². The molecule has 4 rings (SSSR count). The fourth-order valence-electron chi connectivity index (χ4n) is 4.58. The molecule has 28 heavy (non-hydrogen) atoms. The Morgan fingerprint density at radius 2 is 1.61 bits per heavy atom. The lowest BCUT2D eigenvalue weighted by Crippen LogP contribution is -2.50. The van der Waals surface area contributed by atoms with Crippen LogP contribution < -0.4 is 5.32 Å². The molecule has 0 unspecified atom stereocenters. The number of rotatable bonds is 3. The van der Waals surface area contributed by atoms with Gasteiger partial charge in [0.2, 0.25) is 5.91 Å². The Balaban J connectivity index is 1.54. The molecule has 1 saturated carbocycles. The minimum absolute atomic E-state index is 0.0381. The van der Waals surface area contributed by atoms with Crippen molar-refractivity contribution in [3.63, 3.8) is 0 Å². The van der Waals surface area contributed by atoms with Crippen LogP contribution in [0, 0.1) is 0 Å². The number of fused-ring (bicyclic) bond motifs is 1. The molecule has 0 aromatic carbocycles. The number of carbonyl (C=O) groups is 3. The summed E-state index contributed by atoms with van der Waals surface area (Å²) in [4.78, 5) is 45.6.